The first kappa shape index (κ1) is 20.9. The van der Waals surface area contributed by atoms with Crippen LogP contribution in [0.3, 0.4) is 0 Å². The maximum atomic E-state index is 12.5. The topological polar surface area (TPSA) is 79.4 Å². The molecule has 0 atom stereocenters. The van der Waals surface area contributed by atoms with E-state index in [1.165, 1.54) is 5.56 Å². The summed E-state index contributed by atoms with van der Waals surface area (Å²) in [5.41, 5.74) is 4.13. The largest absolute Gasteiger partial charge is 0.478 e. The number of carbonyl (C=O) groups excluding carboxylic acids is 1. The summed E-state index contributed by atoms with van der Waals surface area (Å²) in [5, 5.41) is 5.76. The summed E-state index contributed by atoms with van der Waals surface area (Å²) < 4.78 is 5.46. The fourth-order valence-electron chi connectivity index (χ4n) is 3.73. The number of nitrogens with zero attached hydrogens (tertiary/aromatic N) is 3. The molecular weight excluding hydrogens is 390 g/mol. The Morgan fingerprint density at radius 2 is 1.58 bits per heavy atom. The molecule has 31 heavy (non-hydrogen) atoms. The zero-order valence-electron chi connectivity index (χ0n) is 18.5. The van der Waals surface area contributed by atoms with Crippen molar-refractivity contribution in [2.24, 2.45) is 0 Å². The van der Waals surface area contributed by atoms with Crippen LogP contribution in [0.2, 0.25) is 0 Å². The number of aromatic nitrogens is 2. The van der Waals surface area contributed by atoms with Crippen molar-refractivity contribution in [3.8, 4) is 5.88 Å². The lowest BCUT2D eigenvalue weighted by molar-refractivity contribution is 0.262. The molecule has 1 aromatic heterocycles. The van der Waals surface area contributed by atoms with Crippen LogP contribution in [-0.4, -0.2) is 36.2 Å². The summed E-state index contributed by atoms with van der Waals surface area (Å²) in [6.07, 6.45) is 2.28. The van der Waals surface area contributed by atoms with Crippen molar-refractivity contribution < 1.29 is 9.53 Å². The Morgan fingerprint density at radius 1 is 0.935 bits per heavy atom. The van der Waals surface area contributed by atoms with Crippen LogP contribution in [-0.2, 0) is 5.41 Å². The average Bonchev–Trinajstić information content (AvgIpc) is 3.27. The summed E-state index contributed by atoms with van der Waals surface area (Å²) in [7, 11) is 1.61. The van der Waals surface area contributed by atoms with Crippen molar-refractivity contribution >= 4 is 34.3 Å². The van der Waals surface area contributed by atoms with E-state index in [0.717, 1.165) is 48.5 Å². The first-order valence-electron chi connectivity index (χ1n) is 10.6. The molecule has 0 radical (unpaired) electrons. The van der Waals surface area contributed by atoms with Crippen LogP contribution >= 0.6 is 0 Å². The highest BCUT2D eigenvalue weighted by molar-refractivity contribution is 6.00. The Labute approximate surface area is 182 Å². The number of rotatable bonds is 4. The van der Waals surface area contributed by atoms with Crippen molar-refractivity contribution in [2.75, 3.05) is 35.7 Å². The smallest absolute Gasteiger partial charge is 0.323 e. The van der Waals surface area contributed by atoms with Gasteiger partial charge in [-0.05, 0) is 54.2 Å². The molecule has 2 N–H and O–H groups in total. The standard InChI is InChI=1S/C24H29N5O2/c1-24(2,3)16-7-9-17(10-8-16)25-23(30)26-18-11-12-19-20(15-18)27-21(22(28-19)31-4)29-13-5-6-14-29/h7-12,15H,5-6,13-14H2,1-4H3,(H2,25,26,30). The second-order valence-electron chi connectivity index (χ2n) is 8.86. The lowest BCUT2D eigenvalue weighted by Gasteiger charge is -2.19. The molecule has 2 amide bonds. The van der Waals surface area contributed by atoms with Crippen LogP contribution in [0.1, 0.15) is 39.2 Å². The predicted molar refractivity (Wildman–Crippen MR) is 125 cm³/mol. The van der Waals surface area contributed by atoms with E-state index < -0.39 is 0 Å². The molecule has 7 heteroatoms. The van der Waals surface area contributed by atoms with E-state index in [1.807, 2.05) is 42.5 Å². The lowest BCUT2D eigenvalue weighted by atomic mass is 9.87. The molecule has 1 saturated heterocycles. The van der Waals surface area contributed by atoms with Crippen LogP contribution in [0.15, 0.2) is 42.5 Å². The molecular formula is C24H29N5O2. The van der Waals surface area contributed by atoms with Crippen LogP contribution in [0.25, 0.3) is 11.0 Å². The van der Waals surface area contributed by atoms with Gasteiger partial charge in [0.2, 0.25) is 0 Å². The molecule has 7 nitrogen and oxygen atoms in total. The second kappa shape index (κ2) is 8.41. The first-order chi connectivity index (χ1) is 14.8. The monoisotopic (exact) mass is 419 g/mol. The third-order valence-electron chi connectivity index (χ3n) is 5.48. The molecule has 2 heterocycles. The minimum atomic E-state index is -0.302. The minimum absolute atomic E-state index is 0.0729. The highest BCUT2D eigenvalue weighted by Gasteiger charge is 2.20. The van der Waals surface area contributed by atoms with Crippen molar-refractivity contribution in [1.82, 2.24) is 9.97 Å². The number of amides is 2. The molecule has 1 aliphatic heterocycles. The second-order valence-corrected chi connectivity index (χ2v) is 8.86. The zero-order valence-corrected chi connectivity index (χ0v) is 18.5. The Morgan fingerprint density at radius 3 is 2.23 bits per heavy atom. The average molecular weight is 420 g/mol. The van der Waals surface area contributed by atoms with Gasteiger partial charge in [-0.3, -0.25) is 0 Å². The number of carbonyl (C=O) groups is 1. The predicted octanol–water partition coefficient (Wildman–Crippen LogP) is 5.18. The number of hydrogen-bond donors (Lipinski definition) is 2. The van der Waals surface area contributed by atoms with Gasteiger partial charge in [-0.2, -0.15) is 0 Å². The third-order valence-corrected chi connectivity index (χ3v) is 5.48. The number of benzene rings is 2. The quantitative estimate of drug-likeness (QED) is 0.609. The van der Waals surface area contributed by atoms with Gasteiger partial charge in [-0.25, -0.2) is 14.8 Å². The molecule has 1 aliphatic rings. The maximum absolute atomic E-state index is 12.5. The summed E-state index contributed by atoms with van der Waals surface area (Å²) >= 11 is 0. The molecule has 0 spiro atoms. The number of urea groups is 1. The van der Waals surface area contributed by atoms with E-state index in [2.05, 4.69) is 41.3 Å². The van der Waals surface area contributed by atoms with Crippen molar-refractivity contribution in [3.05, 3.63) is 48.0 Å². The molecule has 0 saturated carbocycles. The molecule has 0 bridgehead atoms. The van der Waals surface area contributed by atoms with E-state index >= 15 is 0 Å². The Balaban J connectivity index is 1.50. The van der Waals surface area contributed by atoms with Crippen LogP contribution in [0.5, 0.6) is 5.88 Å². The van der Waals surface area contributed by atoms with E-state index in [9.17, 15) is 4.79 Å². The summed E-state index contributed by atoms with van der Waals surface area (Å²) in [5.74, 6) is 1.29. The Kier molecular flexibility index (Phi) is 5.67. The third kappa shape index (κ3) is 4.71. The summed E-state index contributed by atoms with van der Waals surface area (Å²) in [6.45, 7) is 8.39. The van der Waals surface area contributed by atoms with E-state index in [0.29, 0.717) is 11.6 Å². The number of fused-ring (bicyclic) bond motifs is 1. The van der Waals surface area contributed by atoms with Crippen molar-refractivity contribution in [2.45, 2.75) is 39.0 Å². The van der Waals surface area contributed by atoms with Gasteiger partial charge >= 0.3 is 6.03 Å². The van der Waals surface area contributed by atoms with Gasteiger partial charge in [0, 0.05) is 24.5 Å². The van der Waals surface area contributed by atoms with E-state index in [4.69, 9.17) is 9.72 Å². The zero-order chi connectivity index (χ0) is 22.0. The molecule has 0 unspecified atom stereocenters. The fraction of sp³-hybridized carbons (Fsp3) is 0.375. The first-order valence-corrected chi connectivity index (χ1v) is 10.6. The number of methoxy groups -OCH3 is 1. The SMILES string of the molecule is COc1nc2ccc(NC(=O)Nc3ccc(C(C)(C)C)cc3)cc2nc1N1CCCC1. The minimum Gasteiger partial charge on any atom is -0.478 e. The van der Waals surface area contributed by atoms with Crippen LogP contribution in [0.4, 0.5) is 22.0 Å². The van der Waals surface area contributed by atoms with Gasteiger partial charge in [-0.1, -0.05) is 32.9 Å². The highest BCUT2D eigenvalue weighted by Crippen LogP contribution is 2.30. The molecule has 2 aromatic carbocycles. The molecule has 4 rings (SSSR count). The Hall–Kier alpha value is -3.35. The highest BCUT2D eigenvalue weighted by atomic mass is 16.5. The number of ether oxygens (including phenoxy) is 1. The molecule has 0 aliphatic carbocycles. The van der Waals surface area contributed by atoms with Gasteiger partial charge in [0.1, 0.15) is 0 Å². The van der Waals surface area contributed by atoms with Gasteiger partial charge in [0.25, 0.3) is 5.88 Å². The van der Waals surface area contributed by atoms with E-state index in [1.54, 1.807) is 7.11 Å². The lowest BCUT2D eigenvalue weighted by Crippen LogP contribution is -2.21. The van der Waals surface area contributed by atoms with Gasteiger partial charge in [-0.15, -0.1) is 0 Å². The molecule has 1 fully saturated rings. The summed E-state index contributed by atoms with van der Waals surface area (Å²) in [6, 6.07) is 13.1. The van der Waals surface area contributed by atoms with Gasteiger partial charge in [0.05, 0.1) is 18.1 Å². The maximum Gasteiger partial charge on any atom is 0.323 e. The van der Waals surface area contributed by atoms with E-state index in [-0.39, 0.29) is 11.4 Å². The van der Waals surface area contributed by atoms with Gasteiger partial charge in [0.15, 0.2) is 5.82 Å². The molecule has 162 valence electrons. The number of nitrogens with one attached hydrogen (secondary N) is 2. The fourth-order valence-corrected chi connectivity index (χ4v) is 3.73. The van der Waals surface area contributed by atoms with Crippen LogP contribution in [0, 0.1) is 0 Å². The van der Waals surface area contributed by atoms with Crippen molar-refractivity contribution in [3.63, 3.8) is 0 Å². The van der Waals surface area contributed by atoms with Crippen molar-refractivity contribution in [1.29, 1.82) is 0 Å². The van der Waals surface area contributed by atoms with Gasteiger partial charge < -0.3 is 20.3 Å². The Bertz CT molecular complexity index is 1080. The number of anilines is 3. The molecule has 3 aromatic rings. The van der Waals surface area contributed by atoms with Crippen LogP contribution < -0.4 is 20.3 Å². The summed E-state index contributed by atoms with van der Waals surface area (Å²) in [4.78, 5) is 24.1. The normalized spacial score (nSPS) is 14.0. The number of hydrogen-bond acceptors (Lipinski definition) is 5.